The Kier molecular flexibility index (Phi) is 4.42. The third-order valence-electron chi connectivity index (χ3n) is 5.23. The molecule has 3 aliphatic heterocycles. The van der Waals surface area contributed by atoms with E-state index in [0.717, 1.165) is 23.7 Å². The van der Waals surface area contributed by atoms with Crippen molar-refractivity contribution in [2.45, 2.75) is 29.2 Å². The lowest BCUT2D eigenvalue weighted by atomic mass is 9.99. The molecule has 11 heteroatoms. The zero-order chi connectivity index (χ0) is 20.0. The van der Waals surface area contributed by atoms with Crippen LogP contribution in [-0.4, -0.2) is 50.7 Å². The van der Waals surface area contributed by atoms with E-state index in [1.807, 2.05) is 17.0 Å². The molecular formula is C18H14N4O5S2. The lowest BCUT2D eigenvalue weighted by molar-refractivity contribution is -0.273. The van der Waals surface area contributed by atoms with Crippen molar-refractivity contribution in [1.29, 1.82) is 5.26 Å². The summed E-state index contributed by atoms with van der Waals surface area (Å²) < 4.78 is 25.3. The van der Waals surface area contributed by atoms with Gasteiger partial charge < -0.3 is 14.2 Å². The Labute approximate surface area is 173 Å². The summed E-state index contributed by atoms with van der Waals surface area (Å²) in [6, 6.07) is 9.41. The first-order valence-corrected chi connectivity index (χ1v) is 10.6. The fourth-order valence-corrected chi connectivity index (χ4v) is 5.34. The summed E-state index contributed by atoms with van der Waals surface area (Å²) in [6.07, 6.45) is 0.206. The number of piperidine rings is 1. The van der Waals surface area contributed by atoms with Crippen LogP contribution >= 0.6 is 23.5 Å². The Balaban J connectivity index is 1.32. The second-order valence-electron chi connectivity index (χ2n) is 6.91. The highest BCUT2D eigenvalue weighted by Gasteiger charge is 2.69. The van der Waals surface area contributed by atoms with Gasteiger partial charge in [0.25, 0.3) is 5.88 Å². The van der Waals surface area contributed by atoms with Gasteiger partial charge in [-0.1, -0.05) is 23.9 Å². The van der Waals surface area contributed by atoms with Gasteiger partial charge in [0.05, 0.1) is 23.4 Å². The fraction of sp³-hybridized carbons (Fsp3) is 0.389. The Hall–Kier alpha value is -2.68. The molecule has 2 bridgehead atoms. The molecule has 0 saturated carbocycles. The number of aromatic nitrogens is 2. The third-order valence-corrected chi connectivity index (χ3v) is 6.87. The molecule has 3 aliphatic rings. The van der Waals surface area contributed by atoms with Gasteiger partial charge in [0, 0.05) is 24.8 Å². The highest BCUT2D eigenvalue weighted by Crippen LogP contribution is 2.47. The smallest absolute Gasteiger partial charge is 0.422 e. The van der Waals surface area contributed by atoms with Crippen LogP contribution in [0.15, 0.2) is 29.3 Å². The van der Waals surface area contributed by atoms with Gasteiger partial charge in [0.2, 0.25) is 0 Å². The number of rotatable bonds is 5. The van der Waals surface area contributed by atoms with Crippen LogP contribution in [0.25, 0.3) is 0 Å². The molecule has 0 radical (unpaired) electrons. The van der Waals surface area contributed by atoms with Crippen molar-refractivity contribution in [3.63, 3.8) is 0 Å². The van der Waals surface area contributed by atoms with Crippen LogP contribution in [0.1, 0.15) is 17.5 Å². The normalized spacial score (nSPS) is 26.4. The van der Waals surface area contributed by atoms with Crippen LogP contribution < -0.4 is 4.74 Å². The van der Waals surface area contributed by atoms with Crippen LogP contribution in [0, 0.1) is 17.2 Å². The first kappa shape index (κ1) is 18.4. The number of carbonyl (C=O) groups is 2. The van der Waals surface area contributed by atoms with Crippen molar-refractivity contribution in [3.8, 4) is 11.9 Å². The van der Waals surface area contributed by atoms with Crippen LogP contribution in [-0.2, 0) is 24.8 Å². The topological polar surface area (TPSA) is 115 Å². The molecule has 3 unspecified atom stereocenters. The van der Waals surface area contributed by atoms with E-state index in [4.69, 9.17) is 19.5 Å². The van der Waals surface area contributed by atoms with Gasteiger partial charge in [-0.25, -0.2) is 14.5 Å². The molecule has 3 saturated heterocycles. The van der Waals surface area contributed by atoms with Crippen molar-refractivity contribution in [2.24, 2.45) is 5.92 Å². The molecule has 9 nitrogen and oxygen atoms in total. The van der Waals surface area contributed by atoms with Crippen LogP contribution in [0.5, 0.6) is 5.88 Å². The second-order valence-corrected chi connectivity index (χ2v) is 8.41. The van der Waals surface area contributed by atoms with Crippen LogP contribution in [0.4, 0.5) is 0 Å². The Morgan fingerprint density at radius 2 is 2.03 bits per heavy atom. The lowest BCUT2D eigenvalue weighted by Gasteiger charge is -2.36. The third kappa shape index (κ3) is 3.04. The van der Waals surface area contributed by atoms with Gasteiger partial charge in [-0.2, -0.15) is 9.64 Å². The minimum Gasteiger partial charge on any atom is -0.461 e. The van der Waals surface area contributed by atoms with E-state index >= 15 is 0 Å². The summed E-state index contributed by atoms with van der Waals surface area (Å²) in [5.74, 6) is -2.48. The maximum Gasteiger partial charge on any atom is 0.422 e. The van der Waals surface area contributed by atoms with Crippen molar-refractivity contribution in [1.82, 2.24) is 13.6 Å². The molecule has 5 rings (SSSR count). The van der Waals surface area contributed by atoms with E-state index in [2.05, 4.69) is 14.8 Å². The molecule has 0 aliphatic carbocycles. The number of carbonyl (C=O) groups excluding carboxylic acids is 2. The molecule has 1 aromatic heterocycles. The molecule has 29 heavy (non-hydrogen) atoms. The number of nitrogens with zero attached hydrogens (tertiary/aromatic N) is 4. The molecular weight excluding hydrogens is 416 g/mol. The number of esters is 2. The van der Waals surface area contributed by atoms with Gasteiger partial charge in [-0.15, -0.1) is 4.37 Å². The van der Waals surface area contributed by atoms with Crippen LogP contribution in [0.2, 0.25) is 0 Å². The largest absolute Gasteiger partial charge is 0.461 e. The minimum atomic E-state index is -1.50. The molecule has 0 N–H and O–H groups in total. The van der Waals surface area contributed by atoms with Crippen molar-refractivity contribution in [2.75, 3.05) is 13.1 Å². The maximum atomic E-state index is 11.7. The highest BCUT2D eigenvalue weighted by atomic mass is 32.2. The molecule has 2 aromatic rings. The summed E-state index contributed by atoms with van der Waals surface area (Å²) in [5, 5.41) is 9.51. The second kappa shape index (κ2) is 6.98. The van der Waals surface area contributed by atoms with Crippen molar-refractivity contribution in [3.05, 3.63) is 35.4 Å². The summed E-state index contributed by atoms with van der Waals surface area (Å²) >= 11 is 2.48. The predicted molar refractivity (Wildman–Crippen MR) is 99.6 cm³/mol. The molecule has 3 fully saturated rings. The first-order chi connectivity index (χ1) is 14.1. The Morgan fingerprint density at radius 1 is 1.28 bits per heavy atom. The Bertz CT molecular complexity index is 1000. The molecule has 3 atom stereocenters. The lowest BCUT2D eigenvalue weighted by Crippen LogP contribution is -2.57. The summed E-state index contributed by atoms with van der Waals surface area (Å²) in [5.41, 5.74) is 1.64. The van der Waals surface area contributed by atoms with Gasteiger partial charge in [-0.3, -0.25) is 0 Å². The average Bonchev–Trinajstić information content (AvgIpc) is 3.48. The number of thioether (sulfide) groups is 1. The SMILES string of the molecule is N#Cc1ccc(CSc2nsnc2OC2C3CCN(C3)C23OC(=O)C(=O)O3)cc1. The number of benzene rings is 1. The first-order valence-electron chi connectivity index (χ1n) is 8.91. The number of nitriles is 1. The van der Waals surface area contributed by atoms with E-state index in [-0.39, 0.29) is 5.92 Å². The van der Waals surface area contributed by atoms with E-state index in [9.17, 15) is 9.59 Å². The summed E-state index contributed by atoms with van der Waals surface area (Å²) in [6.45, 7) is 1.29. The maximum absolute atomic E-state index is 11.7. The summed E-state index contributed by atoms with van der Waals surface area (Å²) in [4.78, 5) is 25.2. The van der Waals surface area contributed by atoms with Gasteiger partial charge in [0.1, 0.15) is 0 Å². The zero-order valence-electron chi connectivity index (χ0n) is 14.9. The van der Waals surface area contributed by atoms with Gasteiger partial charge in [-0.05, 0) is 24.1 Å². The number of ether oxygens (including phenoxy) is 3. The highest BCUT2D eigenvalue weighted by molar-refractivity contribution is 7.98. The van der Waals surface area contributed by atoms with Crippen molar-refractivity contribution < 1.29 is 23.8 Å². The number of fused-ring (bicyclic) bond motifs is 3. The van der Waals surface area contributed by atoms with Crippen molar-refractivity contribution >= 4 is 35.4 Å². The molecule has 1 spiro atoms. The van der Waals surface area contributed by atoms with Gasteiger partial charge in [0.15, 0.2) is 11.1 Å². The van der Waals surface area contributed by atoms with Crippen LogP contribution in [0.3, 0.4) is 0 Å². The van der Waals surface area contributed by atoms with E-state index < -0.39 is 24.0 Å². The molecule has 0 amide bonds. The standard InChI is InChI=1S/C18H14N4O5S2/c19-7-10-1-3-11(4-2-10)9-28-15-14(20-29-21-15)25-13-12-5-6-22(8-12)18(13)26-16(23)17(24)27-18/h1-4,12-13H,5-6,8-9H2. The average molecular weight is 430 g/mol. The van der Waals surface area contributed by atoms with E-state index in [1.165, 1.54) is 11.8 Å². The van der Waals surface area contributed by atoms with Gasteiger partial charge >= 0.3 is 17.8 Å². The monoisotopic (exact) mass is 430 g/mol. The summed E-state index contributed by atoms with van der Waals surface area (Å²) in [7, 11) is 0. The number of hydrogen-bond acceptors (Lipinski definition) is 11. The zero-order valence-corrected chi connectivity index (χ0v) is 16.6. The molecule has 148 valence electrons. The fourth-order valence-electron chi connectivity index (χ4n) is 3.86. The Morgan fingerprint density at radius 3 is 2.76 bits per heavy atom. The predicted octanol–water partition coefficient (Wildman–Crippen LogP) is 1.54. The minimum absolute atomic E-state index is 0.0618. The number of hydrogen-bond donors (Lipinski definition) is 0. The quantitative estimate of drug-likeness (QED) is 0.393. The van der Waals surface area contributed by atoms with E-state index in [0.29, 0.717) is 35.3 Å². The molecule has 1 aromatic carbocycles. The molecule has 4 heterocycles. The van der Waals surface area contributed by atoms with E-state index in [1.54, 1.807) is 12.1 Å².